The Morgan fingerprint density at radius 1 is 0.906 bits per heavy atom. The minimum Gasteiger partial charge on any atom is -0.352 e. The van der Waals surface area contributed by atoms with Gasteiger partial charge in [-0.3, -0.25) is 4.79 Å². The maximum Gasteiger partial charge on any atom is 0.253 e. The van der Waals surface area contributed by atoms with E-state index in [4.69, 9.17) is 0 Å². The second kappa shape index (κ2) is 8.42. The molecule has 1 aliphatic rings. The number of piperazine rings is 1. The van der Waals surface area contributed by atoms with Gasteiger partial charge in [-0.1, -0.05) is 44.2 Å². The average molecular weight is 427 g/mol. The Bertz CT molecular complexity index is 1220. The molecule has 0 aliphatic carbocycles. The number of hydrogen-bond donors (Lipinski definition) is 0. The summed E-state index contributed by atoms with van der Waals surface area (Å²) in [6.45, 7) is 7.07. The molecule has 3 heterocycles. The van der Waals surface area contributed by atoms with Crippen molar-refractivity contribution in [2.45, 2.75) is 19.8 Å². The molecule has 0 saturated carbocycles. The summed E-state index contributed by atoms with van der Waals surface area (Å²) in [4.78, 5) is 26.1. The molecule has 162 valence electrons. The van der Waals surface area contributed by atoms with E-state index in [0.717, 1.165) is 41.2 Å². The van der Waals surface area contributed by atoms with Crippen LogP contribution in [0.3, 0.4) is 0 Å². The molecule has 1 saturated heterocycles. The maximum absolute atomic E-state index is 13.0. The molecule has 1 fully saturated rings. The fourth-order valence-electron chi connectivity index (χ4n) is 4.16. The van der Waals surface area contributed by atoms with Crippen molar-refractivity contribution in [2.75, 3.05) is 31.1 Å². The Hall–Kier alpha value is -3.74. The van der Waals surface area contributed by atoms with Crippen molar-refractivity contribution in [1.29, 1.82) is 0 Å². The summed E-state index contributed by atoms with van der Waals surface area (Å²) in [5, 5.41) is 5.46. The fourth-order valence-corrected chi connectivity index (χ4v) is 4.16. The largest absolute Gasteiger partial charge is 0.352 e. The summed E-state index contributed by atoms with van der Waals surface area (Å²) in [7, 11) is 0. The van der Waals surface area contributed by atoms with E-state index >= 15 is 0 Å². The number of carbonyl (C=O) groups is 1. The molecule has 0 radical (unpaired) electrons. The van der Waals surface area contributed by atoms with E-state index in [1.165, 1.54) is 5.56 Å². The lowest BCUT2D eigenvalue weighted by Crippen LogP contribution is -2.49. The van der Waals surface area contributed by atoms with Crippen LogP contribution in [0.25, 0.3) is 16.7 Å². The summed E-state index contributed by atoms with van der Waals surface area (Å²) in [5.41, 5.74) is 3.74. The molecule has 7 nitrogen and oxygen atoms in total. The monoisotopic (exact) mass is 426 g/mol. The third-order valence-corrected chi connectivity index (χ3v) is 6.04. The van der Waals surface area contributed by atoms with Crippen molar-refractivity contribution in [1.82, 2.24) is 24.6 Å². The number of aromatic nitrogens is 4. The SMILES string of the molecule is CC(C)c1ccc(C(=O)N2CCN(c3ncnc4c3cnn4-c3ccccc3)CC2)cc1. The minimum absolute atomic E-state index is 0.0877. The first-order chi connectivity index (χ1) is 15.6. The van der Waals surface area contributed by atoms with Crippen LogP contribution < -0.4 is 4.90 Å². The van der Waals surface area contributed by atoms with Gasteiger partial charge in [-0.25, -0.2) is 14.6 Å². The zero-order chi connectivity index (χ0) is 22.1. The molecule has 32 heavy (non-hydrogen) atoms. The van der Waals surface area contributed by atoms with Crippen molar-refractivity contribution in [3.05, 3.63) is 78.2 Å². The van der Waals surface area contributed by atoms with Crippen LogP contribution in [0.4, 0.5) is 5.82 Å². The standard InChI is InChI=1S/C25H26N6O/c1-18(2)19-8-10-20(11-9-19)25(32)30-14-12-29(13-15-30)23-22-16-28-31(24(22)27-17-26-23)21-6-4-3-5-7-21/h3-11,16-18H,12-15H2,1-2H3. The van der Waals surface area contributed by atoms with Crippen molar-refractivity contribution in [3.63, 3.8) is 0 Å². The Morgan fingerprint density at radius 2 is 1.62 bits per heavy atom. The molecule has 2 aromatic carbocycles. The van der Waals surface area contributed by atoms with Crippen LogP contribution in [0.5, 0.6) is 0 Å². The van der Waals surface area contributed by atoms with E-state index < -0.39 is 0 Å². The molecule has 7 heteroatoms. The van der Waals surface area contributed by atoms with Gasteiger partial charge in [-0.2, -0.15) is 5.10 Å². The second-order valence-electron chi connectivity index (χ2n) is 8.38. The van der Waals surface area contributed by atoms with Gasteiger partial charge in [-0.15, -0.1) is 0 Å². The maximum atomic E-state index is 13.0. The third-order valence-electron chi connectivity index (χ3n) is 6.04. The predicted octanol–water partition coefficient (Wildman–Crippen LogP) is 3.90. The first kappa shape index (κ1) is 20.2. The van der Waals surface area contributed by atoms with Gasteiger partial charge in [-0.05, 0) is 35.7 Å². The average Bonchev–Trinajstić information content (AvgIpc) is 3.29. The molecule has 5 rings (SSSR count). The third kappa shape index (κ3) is 3.70. The Balaban J connectivity index is 1.32. The van der Waals surface area contributed by atoms with Crippen LogP contribution in [0, 0.1) is 0 Å². The number of rotatable bonds is 4. The first-order valence-corrected chi connectivity index (χ1v) is 11.0. The van der Waals surface area contributed by atoms with Crippen LogP contribution in [0.1, 0.15) is 35.7 Å². The molecular formula is C25H26N6O. The van der Waals surface area contributed by atoms with E-state index in [2.05, 4.69) is 45.9 Å². The van der Waals surface area contributed by atoms with E-state index in [1.807, 2.05) is 58.2 Å². The van der Waals surface area contributed by atoms with Crippen molar-refractivity contribution >= 4 is 22.8 Å². The summed E-state index contributed by atoms with van der Waals surface area (Å²) in [6.07, 6.45) is 3.41. The number of carbonyl (C=O) groups excluding carboxylic acids is 1. The Morgan fingerprint density at radius 3 is 2.31 bits per heavy atom. The normalized spacial score (nSPS) is 14.3. The predicted molar refractivity (Wildman–Crippen MR) is 125 cm³/mol. The first-order valence-electron chi connectivity index (χ1n) is 11.0. The summed E-state index contributed by atoms with van der Waals surface area (Å²) in [5.74, 6) is 1.41. The zero-order valence-electron chi connectivity index (χ0n) is 18.3. The van der Waals surface area contributed by atoms with Gasteiger partial charge in [0.1, 0.15) is 12.1 Å². The van der Waals surface area contributed by atoms with E-state index in [0.29, 0.717) is 19.0 Å². The molecule has 0 bridgehead atoms. The topological polar surface area (TPSA) is 67.2 Å². The second-order valence-corrected chi connectivity index (χ2v) is 8.38. The molecule has 0 atom stereocenters. The molecule has 0 spiro atoms. The number of fused-ring (bicyclic) bond motifs is 1. The Labute approximate surface area is 187 Å². The van der Waals surface area contributed by atoms with E-state index in [-0.39, 0.29) is 5.91 Å². The highest BCUT2D eigenvalue weighted by molar-refractivity contribution is 5.94. The van der Waals surface area contributed by atoms with Gasteiger partial charge in [0.05, 0.1) is 17.3 Å². The molecule has 2 aromatic heterocycles. The summed E-state index contributed by atoms with van der Waals surface area (Å²) in [6, 6.07) is 17.9. The van der Waals surface area contributed by atoms with Crippen LogP contribution in [-0.4, -0.2) is 56.7 Å². The zero-order valence-corrected chi connectivity index (χ0v) is 18.3. The highest BCUT2D eigenvalue weighted by atomic mass is 16.2. The summed E-state index contributed by atoms with van der Waals surface area (Å²) >= 11 is 0. The van der Waals surface area contributed by atoms with E-state index in [9.17, 15) is 4.79 Å². The smallest absolute Gasteiger partial charge is 0.253 e. The number of para-hydroxylation sites is 1. The molecular weight excluding hydrogens is 400 g/mol. The fraction of sp³-hybridized carbons (Fsp3) is 0.280. The van der Waals surface area contributed by atoms with Gasteiger partial charge < -0.3 is 9.80 Å². The van der Waals surface area contributed by atoms with Crippen LogP contribution in [-0.2, 0) is 0 Å². The summed E-state index contributed by atoms with van der Waals surface area (Å²) < 4.78 is 1.83. The number of benzene rings is 2. The molecule has 0 N–H and O–H groups in total. The number of nitrogens with zero attached hydrogens (tertiary/aromatic N) is 6. The van der Waals surface area contributed by atoms with Crippen LogP contribution in [0.2, 0.25) is 0 Å². The lowest BCUT2D eigenvalue weighted by Gasteiger charge is -2.35. The van der Waals surface area contributed by atoms with Crippen molar-refractivity contribution in [3.8, 4) is 5.69 Å². The minimum atomic E-state index is 0.0877. The van der Waals surface area contributed by atoms with Gasteiger partial charge >= 0.3 is 0 Å². The van der Waals surface area contributed by atoms with Gasteiger partial charge in [0.15, 0.2) is 5.65 Å². The molecule has 1 amide bonds. The highest BCUT2D eigenvalue weighted by Gasteiger charge is 2.25. The molecule has 4 aromatic rings. The Kier molecular flexibility index (Phi) is 5.31. The van der Waals surface area contributed by atoms with Crippen LogP contribution >= 0.6 is 0 Å². The van der Waals surface area contributed by atoms with Crippen molar-refractivity contribution in [2.24, 2.45) is 0 Å². The molecule has 1 aliphatic heterocycles. The van der Waals surface area contributed by atoms with Gasteiger partial charge in [0.25, 0.3) is 5.91 Å². The molecule has 0 unspecified atom stereocenters. The lowest BCUT2D eigenvalue weighted by atomic mass is 10.0. The van der Waals surface area contributed by atoms with Gasteiger partial charge in [0.2, 0.25) is 0 Å². The van der Waals surface area contributed by atoms with E-state index in [1.54, 1.807) is 6.33 Å². The van der Waals surface area contributed by atoms with Crippen LogP contribution in [0.15, 0.2) is 67.1 Å². The quantitative estimate of drug-likeness (QED) is 0.495. The van der Waals surface area contributed by atoms with Crippen molar-refractivity contribution < 1.29 is 4.79 Å². The lowest BCUT2D eigenvalue weighted by molar-refractivity contribution is 0.0746. The highest BCUT2D eigenvalue weighted by Crippen LogP contribution is 2.26. The number of hydrogen-bond acceptors (Lipinski definition) is 5. The number of anilines is 1. The number of amides is 1. The van der Waals surface area contributed by atoms with Gasteiger partial charge in [0, 0.05) is 31.7 Å².